The zero-order chi connectivity index (χ0) is 15.4. The number of nitrogens with one attached hydrogen (secondary N) is 2. The monoisotopic (exact) mass is 288 g/mol. The molecule has 0 unspecified atom stereocenters. The Morgan fingerprint density at radius 3 is 2.52 bits per heavy atom. The van der Waals surface area contributed by atoms with E-state index in [-0.39, 0.29) is 5.92 Å². The molecule has 0 aliphatic rings. The molecule has 0 aliphatic carbocycles. The predicted molar refractivity (Wildman–Crippen MR) is 86.2 cm³/mol. The molecular formula is C15H24N6. The average Bonchev–Trinajstić information content (AvgIpc) is 2.78. The lowest BCUT2D eigenvalue weighted by molar-refractivity contribution is 0.746. The first-order valence-electron chi connectivity index (χ1n) is 7.45. The van der Waals surface area contributed by atoms with Crippen LogP contribution in [0.1, 0.15) is 45.1 Å². The quantitative estimate of drug-likeness (QED) is 0.855. The molecule has 0 atom stereocenters. The van der Waals surface area contributed by atoms with Crippen LogP contribution in [-0.2, 0) is 13.5 Å². The maximum absolute atomic E-state index is 4.60. The number of hydrogen-bond acceptors (Lipinski definition) is 5. The van der Waals surface area contributed by atoms with Crippen molar-refractivity contribution in [3.05, 3.63) is 23.8 Å². The fraction of sp³-hybridized carbons (Fsp3) is 0.533. The minimum atomic E-state index is 0.281. The molecule has 21 heavy (non-hydrogen) atoms. The number of nitrogens with zero attached hydrogens (tertiary/aromatic N) is 4. The van der Waals surface area contributed by atoms with Gasteiger partial charge in [-0.05, 0) is 13.3 Å². The fourth-order valence-electron chi connectivity index (χ4n) is 2.10. The van der Waals surface area contributed by atoms with E-state index in [0.29, 0.717) is 0 Å². The molecule has 0 fully saturated rings. The molecule has 0 bridgehead atoms. The third-order valence-corrected chi connectivity index (χ3v) is 3.12. The van der Waals surface area contributed by atoms with E-state index in [9.17, 15) is 0 Å². The lowest BCUT2D eigenvalue weighted by atomic mass is 10.2. The molecule has 0 spiro atoms. The summed E-state index contributed by atoms with van der Waals surface area (Å²) in [7, 11) is 1.92. The highest BCUT2D eigenvalue weighted by Gasteiger charge is 2.11. The Kier molecular flexibility index (Phi) is 4.77. The van der Waals surface area contributed by atoms with Gasteiger partial charge in [0.05, 0.1) is 11.4 Å². The standard InChI is InChI=1S/C15H24N6/c1-6-11-12(9-21(5)20-11)17-14-8-13(16-7-2)18-15(19-14)10(3)4/h8-10H,6-7H2,1-5H3,(H2,16,17,18,19). The summed E-state index contributed by atoms with van der Waals surface area (Å²) in [5.41, 5.74) is 2.03. The van der Waals surface area contributed by atoms with Crippen LogP contribution in [0, 0.1) is 0 Å². The van der Waals surface area contributed by atoms with Gasteiger partial charge in [-0.15, -0.1) is 0 Å². The molecule has 2 aromatic rings. The second-order valence-electron chi connectivity index (χ2n) is 5.32. The second kappa shape index (κ2) is 6.56. The predicted octanol–water partition coefficient (Wildman–Crippen LogP) is 3.07. The first-order valence-corrected chi connectivity index (χ1v) is 7.45. The molecule has 0 saturated heterocycles. The highest BCUT2D eigenvalue weighted by molar-refractivity contribution is 5.60. The molecular weight excluding hydrogens is 264 g/mol. The zero-order valence-corrected chi connectivity index (χ0v) is 13.4. The molecule has 114 valence electrons. The highest BCUT2D eigenvalue weighted by Crippen LogP contribution is 2.22. The molecule has 6 heteroatoms. The molecule has 0 aromatic carbocycles. The van der Waals surface area contributed by atoms with Gasteiger partial charge in [0.25, 0.3) is 0 Å². The minimum Gasteiger partial charge on any atom is -0.370 e. The van der Waals surface area contributed by atoms with Gasteiger partial charge in [-0.1, -0.05) is 20.8 Å². The van der Waals surface area contributed by atoms with Gasteiger partial charge < -0.3 is 10.6 Å². The summed E-state index contributed by atoms with van der Waals surface area (Å²) in [5, 5.41) is 11.1. The number of hydrogen-bond donors (Lipinski definition) is 2. The van der Waals surface area contributed by atoms with E-state index >= 15 is 0 Å². The van der Waals surface area contributed by atoms with Crippen LogP contribution in [0.15, 0.2) is 12.3 Å². The van der Waals surface area contributed by atoms with E-state index in [1.807, 2.05) is 24.0 Å². The number of rotatable bonds is 6. The normalized spacial score (nSPS) is 11.0. The lowest BCUT2D eigenvalue weighted by Gasteiger charge is -2.12. The zero-order valence-electron chi connectivity index (χ0n) is 13.4. The van der Waals surface area contributed by atoms with Crippen LogP contribution in [0.5, 0.6) is 0 Å². The molecule has 2 aromatic heterocycles. The van der Waals surface area contributed by atoms with Crippen molar-refractivity contribution in [3.8, 4) is 0 Å². The van der Waals surface area contributed by atoms with Crippen molar-refractivity contribution in [1.82, 2.24) is 19.7 Å². The van der Waals surface area contributed by atoms with E-state index in [4.69, 9.17) is 0 Å². The molecule has 6 nitrogen and oxygen atoms in total. The number of anilines is 3. The summed E-state index contributed by atoms with van der Waals surface area (Å²) in [6, 6.07) is 1.93. The number of aromatic nitrogens is 4. The topological polar surface area (TPSA) is 67.7 Å². The summed E-state index contributed by atoms with van der Waals surface area (Å²) >= 11 is 0. The van der Waals surface area contributed by atoms with Crippen LogP contribution in [-0.4, -0.2) is 26.3 Å². The first kappa shape index (κ1) is 15.3. The molecule has 0 amide bonds. The van der Waals surface area contributed by atoms with E-state index in [1.165, 1.54) is 0 Å². The van der Waals surface area contributed by atoms with Gasteiger partial charge in [0.2, 0.25) is 0 Å². The van der Waals surface area contributed by atoms with E-state index in [0.717, 1.165) is 41.8 Å². The summed E-state index contributed by atoms with van der Waals surface area (Å²) in [6.07, 6.45) is 2.86. The van der Waals surface area contributed by atoms with Crippen LogP contribution in [0.4, 0.5) is 17.3 Å². The van der Waals surface area contributed by atoms with E-state index < -0.39 is 0 Å². The summed E-state index contributed by atoms with van der Waals surface area (Å²) in [6.45, 7) is 9.17. The highest BCUT2D eigenvalue weighted by atomic mass is 15.3. The van der Waals surface area contributed by atoms with Gasteiger partial charge in [0.1, 0.15) is 17.5 Å². The Balaban J connectivity index is 2.33. The van der Waals surface area contributed by atoms with Gasteiger partial charge in [-0.2, -0.15) is 5.10 Å². The molecule has 0 saturated carbocycles. The third-order valence-electron chi connectivity index (χ3n) is 3.12. The van der Waals surface area contributed by atoms with Crippen molar-refractivity contribution in [1.29, 1.82) is 0 Å². The maximum atomic E-state index is 4.60. The fourth-order valence-corrected chi connectivity index (χ4v) is 2.10. The Hall–Kier alpha value is -2.11. The van der Waals surface area contributed by atoms with Crippen LogP contribution in [0.3, 0.4) is 0 Å². The SMILES string of the molecule is CCNc1cc(Nc2cn(C)nc2CC)nc(C(C)C)n1. The molecule has 2 heterocycles. The van der Waals surface area contributed by atoms with Gasteiger partial charge in [-0.3, -0.25) is 4.68 Å². The van der Waals surface area contributed by atoms with E-state index in [1.54, 1.807) is 0 Å². The molecule has 0 aliphatic heterocycles. The van der Waals surface area contributed by atoms with Gasteiger partial charge in [0.15, 0.2) is 0 Å². The lowest BCUT2D eigenvalue weighted by Crippen LogP contribution is -2.07. The van der Waals surface area contributed by atoms with Crippen molar-refractivity contribution < 1.29 is 0 Å². The largest absolute Gasteiger partial charge is 0.370 e. The summed E-state index contributed by atoms with van der Waals surface area (Å²) in [5.74, 6) is 2.76. The maximum Gasteiger partial charge on any atom is 0.136 e. The molecule has 2 rings (SSSR count). The Morgan fingerprint density at radius 2 is 1.90 bits per heavy atom. The smallest absolute Gasteiger partial charge is 0.136 e. The van der Waals surface area contributed by atoms with Crippen LogP contribution >= 0.6 is 0 Å². The summed E-state index contributed by atoms with van der Waals surface area (Å²) < 4.78 is 1.82. The molecule has 0 radical (unpaired) electrons. The molecule has 2 N–H and O–H groups in total. The Labute approximate surface area is 126 Å². The van der Waals surface area contributed by atoms with Gasteiger partial charge in [0, 0.05) is 31.8 Å². The van der Waals surface area contributed by atoms with Crippen LogP contribution < -0.4 is 10.6 Å². The van der Waals surface area contributed by atoms with Crippen molar-refractivity contribution in [2.45, 2.75) is 40.0 Å². The van der Waals surface area contributed by atoms with Crippen molar-refractivity contribution >= 4 is 17.3 Å². The average molecular weight is 288 g/mol. The van der Waals surface area contributed by atoms with Gasteiger partial charge >= 0.3 is 0 Å². The van der Waals surface area contributed by atoms with E-state index in [2.05, 4.69) is 53.4 Å². The van der Waals surface area contributed by atoms with Crippen molar-refractivity contribution in [2.75, 3.05) is 17.2 Å². The first-order chi connectivity index (χ1) is 10.0. The van der Waals surface area contributed by atoms with Crippen molar-refractivity contribution in [3.63, 3.8) is 0 Å². The van der Waals surface area contributed by atoms with Crippen LogP contribution in [0.2, 0.25) is 0 Å². The van der Waals surface area contributed by atoms with Gasteiger partial charge in [-0.25, -0.2) is 9.97 Å². The third kappa shape index (κ3) is 3.71. The summed E-state index contributed by atoms with van der Waals surface area (Å²) in [4.78, 5) is 9.12. The van der Waals surface area contributed by atoms with Crippen molar-refractivity contribution in [2.24, 2.45) is 7.05 Å². The minimum absolute atomic E-state index is 0.281. The van der Waals surface area contributed by atoms with Crippen LogP contribution in [0.25, 0.3) is 0 Å². The second-order valence-corrected chi connectivity index (χ2v) is 5.32. The number of aryl methyl sites for hydroxylation is 2. The Bertz CT molecular complexity index is 602. The Morgan fingerprint density at radius 1 is 1.19 bits per heavy atom.